The average Bonchev–Trinajstić information content (AvgIpc) is 2.65. The quantitative estimate of drug-likeness (QED) is 0.209. The number of aromatic hydroxyl groups is 3. The van der Waals surface area contributed by atoms with Crippen molar-refractivity contribution >= 4 is 52.5 Å². The van der Waals surface area contributed by atoms with Crippen molar-refractivity contribution in [3.05, 3.63) is 36.4 Å². The molecule has 14 nitrogen and oxygen atoms in total. The van der Waals surface area contributed by atoms with Crippen LogP contribution in [0.1, 0.15) is 0 Å². The standard InChI is InChI=1S/C16H12N2O12S3/c19-11-5-8(31(22,23)24)1-2-10(11)17-18-15-13(33(28,29)30)4-7-3-9(32(25,26)27)6-12(20)14(7)16(15)21/h1-6,19-21H,(H,22,23,24)(H,25,26,27)(H,28,29,30). The molecule has 0 atom stereocenters. The zero-order chi connectivity index (χ0) is 24.9. The van der Waals surface area contributed by atoms with Gasteiger partial charge >= 0.3 is 0 Å². The van der Waals surface area contributed by atoms with Crippen LogP contribution < -0.4 is 0 Å². The first-order valence-corrected chi connectivity index (χ1v) is 12.5. The van der Waals surface area contributed by atoms with Gasteiger partial charge in [-0.05, 0) is 29.7 Å². The van der Waals surface area contributed by atoms with E-state index in [1.165, 1.54) is 0 Å². The van der Waals surface area contributed by atoms with Crippen LogP contribution in [0.2, 0.25) is 0 Å². The van der Waals surface area contributed by atoms with Crippen molar-refractivity contribution in [3.63, 3.8) is 0 Å². The molecule has 0 aliphatic rings. The number of phenolic OH excluding ortho intramolecular Hbond substituents is 3. The highest BCUT2D eigenvalue weighted by Crippen LogP contribution is 2.45. The Bertz CT molecular complexity index is 1660. The number of rotatable bonds is 5. The van der Waals surface area contributed by atoms with Crippen LogP contribution in [-0.4, -0.2) is 54.2 Å². The van der Waals surface area contributed by atoms with Crippen molar-refractivity contribution < 1.29 is 54.2 Å². The Morgan fingerprint density at radius 2 is 1.21 bits per heavy atom. The molecule has 6 N–H and O–H groups in total. The molecular weight excluding hydrogens is 508 g/mol. The summed E-state index contributed by atoms with van der Waals surface area (Å²) >= 11 is 0. The number of fused-ring (bicyclic) bond motifs is 1. The monoisotopic (exact) mass is 520 g/mol. The second-order valence-electron chi connectivity index (χ2n) is 6.39. The molecule has 0 fully saturated rings. The Kier molecular flexibility index (Phi) is 5.82. The van der Waals surface area contributed by atoms with Crippen LogP contribution >= 0.6 is 0 Å². The fourth-order valence-electron chi connectivity index (χ4n) is 2.73. The maximum absolute atomic E-state index is 11.8. The summed E-state index contributed by atoms with van der Waals surface area (Å²) in [5.41, 5.74) is -1.38. The maximum atomic E-state index is 11.8. The zero-order valence-electron chi connectivity index (χ0n) is 15.7. The maximum Gasteiger partial charge on any atom is 0.296 e. The summed E-state index contributed by atoms with van der Waals surface area (Å²) in [6.07, 6.45) is 0. The van der Waals surface area contributed by atoms with Gasteiger partial charge in [0.25, 0.3) is 30.4 Å². The SMILES string of the molecule is O=S(=O)(O)c1ccc(N=Nc2c(S(=O)(=O)O)cc3cc(S(=O)(=O)O)cc(O)c3c2O)c(O)c1. The molecule has 0 aliphatic carbocycles. The number of phenols is 3. The third kappa shape index (κ3) is 4.87. The van der Waals surface area contributed by atoms with E-state index in [-0.39, 0.29) is 0 Å². The fourth-order valence-corrected chi connectivity index (χ4v) is 4.43. The summed E-state index contributed by atoms with van der Waals surface area (Å²) in [6.45, 7) is 0. The Balaban J connectivity index is 2.28. The molecule has 0 aliphatic heterocycles. The van der Waals surface area contributed by atoms with Crippen molar-refractivity contribution in [1.29, 1.82) is 0 Å². The summed E-state index contributed by atoms with van der Waals surface area (Å²) in [5, 5.41) is 36.4. The van der Waals surface area contributed by atoms with Crippen LogP contribution in [0.25, 0.3) is 10.8 Å². The molecule has 33 heavy (non-hydrogen) atoms. The molecule has 0 saturated carbocycles. The molecule has 3 aromatic carbocycles. The predicted octanol–water partition coefficient (Wildman–Crippen LogP) is 2.11. The van der Waals surface area contributed by atoms with E-state index in [0.29, 0.717) is 24.3 Å². The second kappa shape index (κ2) is 7.90. The van der Waals surface area contributed by atoms with Gasteiger partial charge in [0.1, 0.15) is 27.8 Å². The van der Waals surface area contributed by atoms with Gasteiger partial charge in [-0.25, -0.2) is 0 Å². The second-order valence-corrected chi connectivity index (χ2v) is 10.6. The highest BCUT2D eigenvalue weighted by Gasteiger charge is 2.25. The van der Waals surface area contributed by atoms with Gasteiger partial charge in [-0.15, -0.1) is 10.2 Å². The molecule has 0 amide bonds. The summed E-state index contributed by atoms with van der Waals surface area (Å²) in [7, 11) is -14.6. The van der Waals surface area contributed by atoms with E-state index < -0.39 is 84.4 Å². The van der Waals surface area contributed by atoms with Gasteiger partial charge in [0.05, 0.1) is 15.2 Å². The fraction of sp³-hybridized carbons (Fsp3) is 0. The molecule has 0 aromatic heterocycles. The largest absolute Gasteiger partial charge is 0.507 e. The summed E-state index contributed by atoms with van der Waals surface area (Å²) in [6, 6.07) is 4.22. The molecule has 0 saturated heterocycles. The van der Waals surface area contributed by atoms with Crippen LogP contribution in [-0.2, 0) is 30.4 Å². The normalized spacial score (nSPS) is 13.1. The van der Waals surface area contributed by atoms with Crippen LogP contribution in [0.5, 0.6) is 17.2 Å². The third-order valence-electron chi connectivity index (χ3n) is 4.18. The van der Waals surface area contributed by atoms with Crippen molar-refractivity contribution in [2.45, 2.75) is 14.7 Å². The molecule has 0 spiro atoms. The van der Waals surface area contributed by atoms with E-state index in [0.717, 1.165) is 12.1 Å². The minimum absolute atomic E-state index is 0.424. The van der Waals surface area contributed by atoms with E-state index in [1.54, 1.807) is 0 Å². The smallest absolute Gasteiger partial charge is 0.296 e. The lowest BCUT2D eigenvalue weighted by Crippen LogP contribution is -2.01. The lowest BCUT2D eigenvalue weighted by molar-refractivity contribution is 0.457. The van der Waals surface area contributed by atoms with Gasteiger partial charge in [0.2, 0.25) is 0 Å². The summed E-state index contributed by atoms with van der Waals surface area (Å²) in [4.78, 5) is -2.62. The number of azo groups is 1. The van der Waals surface area contributed by atoms with Crippen molar-refractivity contribution in [2.24, 2.45) is 10.2 Å². The van der Waals surface area contributed by atoms with E-state index in [9.17, 15) is 45.1 Å². The molecule has 3 aromatic rings. The Morgan fingerprint density at radius 3 is 1.73 bits per heavy atom. The van der Waals surface area contributed by atoms with E-state index in [2.05, 4.69) is 10.2 Å². The highest BCUT2D eigenvalue weighted by molar-refractivity contribution is 7.86. The molecule has 0 radical (unpaired) electrons. The molecule has 17 heteroatoms. The number of hydrogen-bond acceptors (Lipinski definition) is 11. The highest BCUT2D eigenvalue weighted by atomic mass is 32.2. The Labute approximate surface area is 185 Å². The Hall–Kier alpha value is -3.35. The van der Waals surface area contributed by atoms with Gasteiger partial charge in [-0.1, -0.05) is 0 Å². The zero-order valence-corrected chi connectivity index (χ0v) is 18.2. The first-order valence-electron chi connectivity index (χ1n) is 8.20. The molecule has 176 valence electrons. The number of benzene rings is 3. The number of hydrogen-bond donors (Lipinski definition) is 6. The molecular formula is C16H12N2O12S3. The van der Waals surface area contributed by atoms with Crippen molar-refractivity contribution in [1.82, 2.24) is 0 Å². The lowest BCUT2D eigenvalue weighted by Gasteiger charge is -2.11. The van der Waals surface area contributed by atoms with Gasteiger partial charge in [0.15, 0.2) is 5.75 Å². The van der Waals surface area contributed by atoms with Crippen LogP contribution in [0.15, 0.2) is 61.3 Å². The topological polar surface area (TPSA) is 249 Å². The molecule has 0 bridgehead atoms. The number of nitrogens with zero attached hydrogens (tertiary/aromatic N) is 2. The van der Waals surface area contributed by atoms with E-state index in [1.807, 2.05) is 0 Å². The van der Waals surface area contributed by atoms with Gasteiger partial charge in [-0.3, -0.25) is 13.7 Å². The minimum atomic E-state index is -5.13. The third-order valence-corrected chi connectivity index (χ3v) is 6.73. The summed E-state index contributed by atoms with van der Waals surface area (Å²) < 4.78 is 96.2. The first kappa shape index (κ1) is 24.3. The lowest BCUT2D eigenvalue weighted by atomic mass is 10.1. The van der Waals surface area contributed by atoms with Crippen LogP contribution in [0, 0.1) is 0 Å². The molecule has 3 rings (SSSR count). The van der Waals surface area contributed by atoms with Crippen LogP contribution in [0.4, 0.5) is 11.4 Å². The van der Waals surface area contributed by atoms with Crippen molar-refractivity contribution in [2.75, 3.05) is 0 Å². The molecule has 0 heterocycles. The van der Waals surface area contributed by atoms with Gasteiger partial charge in [-0.2, -0.15) is 25.3 Å². The van der Waals surface area contributed by atoms with E-state index >= 15 is 0 Å². The van der Waals surface area contributed by atoms with Gasteiger partial charge in [0, 0.05) is 12.1 Å². The Morgan fingerprint density at radius 1 is 0.636 bits per heavy atom. The van der Waals surface area contributed by atoms with Crippen molar-refractivity contribution in [3.8, 4) is 17.2 Å². The predicted molar refractivity (Wildman–Crippen MR) is 109 cm³/mol. The van der Waals surface area contributed by atoms with E-state index in [4.69, 9.17) is 9.11 Å². The average molecular weight is 520 g/mol. The summed E-state index contributed by atoms with van der Waals surface area (Å²) in [5.74, 6) is -2.79. The molecule has 0 unspecified atom stereocenters. The first-order chi connectivity index (χ1) is 15.0. The minimum Gasteiger partial charge on any atom is -0.507 e. The van der Waals surface area contributed by atoms with Crippen LogP contribution in [0.3, 0.4) is 0 Å². The van der Waals surface area contributed by atoms with Gasteiger partial charge < -0.3 is 15.3 Å².